The molecule has 3 aromatic carbocycles. The molecule has 0 aliphatic rings. The molecule has 0 fully saturated rings. The number of para-hydroxylation sites is 1. The molecule has 0 saturated carbocycles. The second kappa shape index (κ2) is 12.3. The molecule has 0 bridgehead atoms. The van der Waals surface area contributed by atoms with Gasteiger partial charge in [0.2, 0.25) is 10.0 Å². The standard InChI is InChI=1S/C28H29NO7S/c1-5-17-35-27(30)19-29(37(32,33)24-14-11-20(2)12-15-24)21(3)26-18-23(13-16-25(26)28(31)34-4)36-22-9-7-6-8-10-22/h5-16,18,21H,1,17,19H2,2-4H3. The molecule has 0 spiro atoms. The maximum atomic E-state index is 13.7. The topological polar surface area (TPSA) is 99.2 Å². The lowest BCUT2D eigenvalue weighted by atomic mass is 10.0. The summed E-state index contributed by atoms with van der Waals surface area (Å²) in [6.07, 6.45) is 1.39. The van der Waals surface area contributed by atoms with Crippen molar-refractivity contribution in [3.05, 3.63) is 102 Å². The number of carbonyl (C=O) groups excluding carboxylic acids is 2. The number of ether oxygens (including phenoxy) is 3. The van der Waals surface area contributed by atoms with Crippen molar-refractivity contribution in [2.45, 2.75) is 24.8 Å². The molecule has 37 heavy (non-hydrogen) atoms. The summed E-state index contributed by atoms with van der Waals surface area (Å²) in [5.74, 6) is -0.486. The summed E-state index contributed by atoms with van der Waals surface area (Å²) < 4.78 is 44.4. The monoisotopic (exact) mass is 523 g/mol. The van der Waals surface area contributed by atoms with E-state index in [1.54, 1.807) is 43.3 Å². The molecule has 0 heterocycles. The molecule has 3 rings (SSSR count). The average molecular weight is 524 g/mol. The third kappa shape index (κ3) is 6.84. The van der Waals surface area contributed by atoms with E-state index in [4.69, 9.17) is 14.2 Å². The fourth-order valence-electron chi connectivity index (χ4n) is 3.63. The average Bonchev–Trinajstić information content (AvgIpc) is 2.90. The Morgan fingerprint density at radius 2 is 1.68 bits per heavy atom. The summed E-state index contributed by atoms with van der Waals surface area (Å²) in [4.78, 5) is 25.2. The molecule has 1 atom stereocenters. The predicted octanol–water partition coefficient (Wildman–Crippen LogP) is 5.06. The smallest absolute Gasteiger partial charge is 0.338 e. The quantitative estimate of drug-likeness (QED) is 0.256. The number of esters is 2. The summed E-state index contributed by atoms with van der Waals surface area (Å²) in [6, 6.07) is 19.0. The fourth-order valence-corrected chi connectivity index (χ4v) is 5.18. The highest BCUT2D eigenvalue weighted by atomic mass is 32.2. The molecule has 0 amide bonds. The lowest BCUT2D eigenvalue weighted by Crippen LogP contribution is -2.39. The highest BCUT2D eigenvalue weighted by molar-refractivity contribution is 7.89. The molecule has 0 aromatic heterocycles. The van der Waals surface area contributed by atoms with Gasteiger partial charge in [-0.2, -0.15) is 4.31 Å². The molecule has 0 N–H and O–H groups in total. The molecular formula is C28H29NO7S. The molecule has 8 nitrogen and oxygen atoms in total. The Hall–Kier alpha value is -3.95. The number of hydrogen-bond acceptors (Lipinski definition) is 7. The van der Waals surface area contributed by atoms with Gasteiger partial charge in [-0.25, -0.2) is 13.2 Å². The van der Waals surface area contributed by atoms with Crippen molar-refractivity contribution in [2.24, 2.45) is 0 Å². The first-order chi connectivity index (χ1) is 17.7. The largest absolute Gasteiger partial charge is 0.465 e. The van der Waals surface area contributed by atoms with Crippen LogP contribution in [0.1, 0.15) is 34.5 Å². The van der Waals surface area contributed by atoms with Crippen LogP contribution in [0.2, 0.25) is 0 Å². The summed E-state index contributed by atoms with van der Waals surface area (Å²) in [5.41, 5.74) is 1.31. The molecular weight excluding hydrogens is 494 g/mol. The van der Waals surface area contributed by atoms with Crippen molar-refractivity contribution in [3.63, 3.8) is 0 Å². The second-order valence-electron chi connectivity index (χ2n) is 8.17. The zero-order valence-corrected chi connectivity index (χ0v) is 21.7. The summed E-state index contributed by atoms with van der Waals surface area (Å²) >= 11 is 0. The van der Waals surface area contributed by atoms with Crippen molar-refractivity contribution in [2.75, 3.05) is 20.3 Å². The van der Waals surface area contributed by atoms with Crippen molar-refractivity contribution >= 4 is 22.0 Å². The van der Waals surface area contributed by atoms with Gasteiger partial charge < -0.3 is 14.2 Å². The van der Waals surface area contributed by atoms with Crippen LogP contribution in [0.3, 0.4) is 0 Å². The lowest BCUT2D eigenvalue weighted by molar-refractivity contribution is -0.142. The first-order valence-electron chi connectivity index (χ1n) is 11.5. The molecule has 1 unspecified atom stereocenters. The van der Waals surface area contributed by atoms with Crippen LogP contribution < -0.4 is 4.74 Å². The van der Waals surface area contributed by atoms with Gasteiger partial charge in [0.05, 0.1) is 17.6 Å². The van der Waals surface area contributed by atoms with Gasteiger partial charge in [0.1, 0.15) is 24.7 Å². The van der Waals surface area contributed by atoms with Crippen molar-refractivity contribution < 1.29 is 32.2 Å². The number of hydrogen-bond donors (Lipinski definition) is 0. The van der Waals surface area contributed by atoms with Crippen LogP contribution in [0.5, 0.6) is 11.5 Å². The summed E-state index contributed by atoms with van der Waals surface area (Å²) in [7, 11) is -2.96. The molecule has 0 radical (unpaired) electrons. The molecule has 0 saturated heterocycles. The van der Waals surface area contributed by atoms with Gasteiger partial charge >= 0.3 is 11.9 Å². The Morgan fingerprint density at radius 1 is 1.00 bits per heavy atom. The van der Waals surface area contributed by atoms with E-state index in [1.165, 1.54) is 31.4 Å². The van der Waals surface area contributed by atoms with Gasteiger partial charge in [0, 0.05) is 6.04 Å². The van der Waals surface area contributed by atoms with Gasteiger partial charge in [0.25, 0.3) is 0 Å². The van der Waals surface area contributed by atoms with Crippen LogP contribution in [-0.4, -0.2) is 44.9 Å². The van der Waals surface area contributed by atoms with Gasteiger partial charge in [-0.1, -0.05) is 48.6 Å². The molecule has 3 aromatic rings. The van der Waals surface area contributed by atoms with E-state index in [-0.39, 0.29) is 17.1 Å². The number of nitrogens with zero attached hydrogens (tertiary/aromatic N) is 1. The Labute approximate surface area is 217 Å². The predicted molar refractivity (Wildman–Crippen MR) is 139 cm³/mol. The Morgan fingerprint density at radius 3 is 2.30 bits per heavy atom. The fraction of sp³-hybridized carbons (Fsp3) is 0.214. The van der Waals surface area contributed by atoms with Crippen LogP contribution >= 0.6 is 0 Å². The summed E-state index contributed by atoms with van der Waals surface area (Å²) in [5, 5.41) is 0. The molecule has 194 valence electrons. The highest BCUT2D eigenvalue weighted by Gasteiger charge is 2.34. The van der Waals surface area contributed by atoms with Crippen LogP contribution in [0.15, 0.2) is 90.3 Å². The van der Waals surface area contributed by atoms with Crippen LogP contribution in [-0.2, 0) is 24.3 Å². The van der Waals surface area contributed by atoms with Gasteiger partial charge in [-0.05, 0) is 61.9 Å². The maximum Gasteiger partial charge on any atom is 0.338 e. The lowest BCUT2D eigenvalue weighted by Gasteiger charge is -2.29. The maximum absolute atomic E-state index is 13.7. The number of carbonyl (C=O) groups is 2. The van der Waals surface area contributed by atoms with Crippen molar-refractivity contribution in [3.8, 4) is 11.5 Å². The van der Waals surface area contributed by atoms with E-state index in [1.807, 2.05) is 25.1 Å². The SMILES string of the molecule is C=CCOC(=O)CN(C(C)c1cc(Oc2ccccc2)ccc1C(=O)OC)S(=O)(=O)c1ccc(C)cc1. The van der Waals surface area contributed by atoms with E-state index >= 15 is 0 Å². The number of benzene rings is 3. The van der Waals surface area contributed by atoms with Crippen LogP contribution in [0, 0.1) is 6.92 Å². The summed E-state index contributed by atoms with van der Waals surface area (Å²) in [6.45, 7) is 6.27. The molecule has 0 aliphatic carbocycles. The third-order valence-corrected chi connectivity index (χ3v) is 7.49. The first-order valence-corrected chi connectivity index (χ1v) is 12.9. The first kappa shape index (κ1) is 27.6. The van der Waals surface area contributed by atoms with Crippen molar-refractivity contribution in [1.29, 1.82) is 0 Å². The number of sulfonamides is 1. The Bertz CT molecular complexity index is 1350. The number of aryl methyl sites for hydroxylation is 1. The van der Waals surface area contributed by atoms with E-state index in [2.05, 4.69) is 6.58 Å². The zero-order valence-electron chi connectivity index (χ0n) is 20.9. The minimum Gasteiger partial charge on any atom is -0.465 e. The van der Waals surface area contributed by atoms with E-state index in [0.717, 1.165) is 9.87 Å². The van der Waals surface area contributed by atoms with Gasteiger partial charge in [-0.3, -0.25) is 4.79 Å². The highest BCUT2D eigenvalue weighted by Crippen LogP contribution is 2.33. The third-order valence-electron chi connectivity index (χ3n) is 5.56. The van der Waals surface area contributed by atoms with Crippen LogP contribution in [0.4, 0.5) is 0 Å². The van der Waals surface area contributed by atoms with E-state index in [0.29, 0.717) is 17.1 Å². The van der Waals surface area contributed by atoms with E-state index < -0.39 is 34.5 Å². The van der Waals surface area contributed by atoms with Crippen molar-refractivity contribution in [1.82, 2.24) is 4.31 Å². The number of rotatable bonds is 11. The Balaban J connectivity index is 2.10. The Kier molecular flexibility index (Phi) is 9.21. The normalized spacial score (nSPS) is 12.0. The molecule has 0 aliphatic heterocycles. The van der Waals surface area contributed by atoms with Gasteiger partial charge in [-0.15, -0.1) is 0 Å². The van der Waals surface area contributed by atoms with Crippen LogP contribution in [0.25, 0.3) is 0 Å². The minimum absolute atomic E-state index is 0.00206. The molecule has 9 heteroatoms. The zero-order chi connectivity index (χ0) is 27.0. The number of methoxy groups -OCH3 is 1. The minimum atomic E-state index is -4.19. The second-order valence-corrected chi connectivity index (χ2v) is 10.1. The van der Waals surface area contributed by atoms with Gasteiger partial charge in [0.15, 0.2) is 0 Å². The van der Waals surface area contributed by atoms with E-state index in [9.17, 15) is 18.0 Å².